The average molecular weight is 422 g/mol. The van der Waals surface area contributed by atoms with Gasteiger partial charge in [-0.1, -0.05) is 90.5 Å². The molecule has 0 aromatic heterocycles. The third-order valence-electron chi connectivity index (χ3n) is 5.61. The molecule has 160 valence electrons. The Labute approximate surface area is 189 Å². The molecule has 32 heavy (non-hydrogen) atoms. The Kier molecular flexibility index (Phi) is 6.66. The highest BCUT2D eigenvalue weighted by Gasteiger charge is 2.28. The van der Waals surface area contributed by atoms with Crippen LogP contribution < -0.4 is 4.74 Å². The van der Waals surface area contributed by atoms with Gasteiger partial charge in [0.15, 0.2) is 0 Å². The van der Waals surface area contributed by atoms with Crippen molar-refractivity contribution in [2.24, 2.45) is 0 Å². The van der Waals surface area contributed by atoms with Crippen LogP contribution in [-0.2, 0) is 6.54 Å². The molecule has 0 saturated heterocycles. The van der Waals surface area contributed by atoms with Crippen LogP contribution in [0.2, 0.25) is 0 Å². The van der Waals surface area contributed by atoms with Crippen LogP contribution in [0, 0.1) is 6.92 Å². The standard InChI is InChI=1S/C29H27NO2/c1-22-13-15-25(16-14-22)28(24-11-7-4-8-12-24)30(21-23-9-5-3-6-10-23)29(31)26-17-19-27(32-2)20-18-26/h3-20,28H,21H2,1-2H3. The van der Waals surface area contributed by atoms with E-state index in [2.05, 4.69) is 55.5 Å². The van der Waals surface area contributed by atoms with Gasteiger partial charge in [0.25, 0.3) is 5.91 Å². The van der Waals surface area contributed by atoms with Crippen LogP contribution in [-0.4, -0.2) is 17.9 Å². The summed E-state index contributed by atoms with van der Waals surface area (Å²) >= 11 is 0. The molecule has 0 heterocycles. The number of methoxy groups -OCH3 is 1. The molecule has 1 amide bonds. The Balaban J connectivity index is 1.82. The van der Waals surface area contributed by atoms with Crippen molar-refractivity contribution in [1.82, 2.24) is 4.90 Å². The first kappa shape index (κ1) is 21.4. The van der Waals surface area contributed by atoms with Crippen LogP contribution in [0.15, 0.2) is 109 Å². The van der Waals surface area contributed by atoms with E-state index in [4.69, 9.17) is 4.74 Å². The molecular weight excluding hydrogens is 394 g/mol. The fraction of sp³-hybridized carbons (Fsp3) is 0.138. The highest BCUT2D eigenvalue weighted by Crippen LogP contribution is 2.32. The zero-order valence-corrected chi connectivity index (χ0v) is 18.4. The second-order valence-electron chi connectivity index (χ2n) is 7.87. The summed E-state index contributed by atoms with van der Waals surface area (Å²) in [6, 6.07) is 35.9. The first-order valence-electron chi connectivity index (χ1n) is 10.8. The second kappa shape index (κ2) is 9.97. The maximum atomic E-state index is 13.9. The Hall–Kier alpha value is -3.85. The number of amides is 1. The Morgan fingerprint density at radius 3 is 1.91 bits per heavy atom. The molecule has 0 radical (unpaired) electrons. The quantitative estimate of drug-likeness (QED) is 0.344. The van der Waals surface area contributed by atoms with Crippen molar-refractivity contribution in [3.05, 3.63) is 137 Å². The fourth-order valence-electron chi connectivity index (χ4n) is 3.90. The Morgan fingerprint density at radius 1 is 0.750 bits per heavy atom. The lowest BCUT2D eigenvalue weighted by molar-refractivity contribution is 0.0690. The van der Waals surface area contributed by atoms with Crippen LogP contribution >= 0.6 is 0 Å². The van der Waals surface area contributed by atoms with E-state index in [1.165, 1.54) is 5.56 Å². The van der Waals surface area contributed by atoms with E-state index in [9.17, 15) is 4.79 Å². The Morgan fingerprint density at radius 2 is 1.31 bits per heavy atom. The van der Waals surface area contributed by atoms with Crippen LogP contribution in [0.5, 0.6) is 5.75 Å². The zero-order chi connectivity index (χ0) is 22.3. The van der Waals surface area contributed by atoms with Gasteiger partial charge in [0.05, 0.1) is 13.2 Å². The van der Waals surface area contributed by atoms with Crippen molar-refractivity contribution in [1.29, 1.82) is 0 Å². The number of ether oxygens (including phenoxy) is 1. The number of hydrogen-bond donors (Lipinski definition) is 0. The van der Waals surface area contributed by atoms with Gasteiger partial charge in [-0.25, -0.2) is 0 Å². The monoisotopic (exact) mass is 421 g/mol. The van der Waals surface area contributed by atoms with Gasteiger partial charge in [0.2, 0.25) is 0 Å². The van der Waals surface area contributed by atoms with Gasteiger partial charge in [0.1, 0.15) is 5.75 Å². The van der Waals surface area contributed by atoms with E-state index in [0.717, 1.165) is 22.4 Å². The summed E-state index contributed by atoms with van der Waals surface area (Å²) in [4.78, 5) is 15.8. The van der Waals surface area contributed by atoms with Gasteiger partial charge < -0.3 is 9.64 Å². The average Bonchev–Trinajstić information content (AvgIpc) is 2.86. The van der Waals surface area contributed by atoms with Gasteiger partial charge in [-0.3, -0.25) is 4.79 Å². The van der Waals surface area contributed by atoms with Gasteiger partial charge in [0, 0.05) is 12.1 Å². The van der Waals surface area contributed by atoms with Crippen LogP contribution in [0.4, 0.5) is 0 Å². The number of nitrogens with zero attached hydrogens (tertiary/aromatic N) is 1. The van der Waals surface area contributed by atoms with E-state index in [0.29, 0.717) is 12.1 Å². The summed E-state index contributed by atoms with van der Waals surface area (Å²) in [5, 5.41) is 0. The molecule has 0 aliphatic heterocycles. The topological polar surface area (TPSA) is 29.5 Å². The number of carbonyl (C=O) groups is 1. The molecule has 1 atom stereocenters. The summed E-state index contributed by atoms with van der Waals surface area (Å²) in [5.74, 6) is 0.709. The third kappa shape index (κ3) is 4.89. The highest BCUT2D eigenvalue weighted by atomic mass is 16.5. The summed E-state index contributed by atoms with van der Waals surface area (Å²) in [6.07, 6.45) is 0. The Bertz CT molecular complexity index is 1140. The lowest BCUT2D eigenvalue weighted by atomic mass is 9.95. The molecule has 4 rings (SSSR count). The summed E-state index contributed by atoms with van der Waals surface area (Å²) in [6.45, 7) is 2.57. The third-order valence-corrected chi connectivity index (χ3v) is 5.61. The smallest absolute Gasteiger partial charge is 0.254 e. The first-order chi connectivity index (χ1) is 15.7. The van der Waals surface area contributed by atoms with Crippen LogP contribution in [0.25, 0.3) is 0 Å². The van der Waals surface area contributed by atoms with Gasteiger partial charge in [-0.2, -0.15) is 0 Å². The fourth-order valence-corrected chi connectivity index (χ4v) is 3.90. The molecule has 0 aliphatic rings. The van der Waals surface area contributed by atoms with Crippen molar-refractivity contribution in [2.45, 2.75) is 19.5 Å². The maximum absolute atomic E-state index is 13.9. The molecular formula is C29H27NO2. The zero-order valence-electron chi connectivity index (χ0n) is 18.4. The second-order valence-corrected chi connectivity index (χ2v) is 7.87. The van der Waals surface area contributed by atoms with Gasteiger partial charge in [-0.05, 0) is 47.9 Å². The molecule has 0 aliphatic carbocycles. The first-order valence-corrected chi connectivity index (χ1v) is 10.8. The molecule has 1 unspecified atom stereocenters. The molecule has 3 nitrogen and oxygen atoms in total. The van der Waals surface area contributed by atoms with E-state index < -0.39 is 0 Å². The predicted molar refractivity (Wildman–Crippen MR) is 129 cm³/mol. The highest BCUT2D eigenvalue weighted by molar-refractivity contribution is 5.95. The summed E-state index contributed by atoms with van der Waals surface area (Å²) < 4.78 is 5.28. The number of hydrogen-bond acceptors (Lipinski definition) is 2. The minimum atomic E-state index is -0.216. The predicted octanol–water partition coefficient (Wildman–Crippen LogP) is 6.44. The van der Waals surface area contributed by atoms with Crippen molar-refractivity contribution >= 4 is 5.91 Å². The molecule has 4 aromatic carbocycles. The maximum Gasteiger partial charge on any atom is 0.254 e. The van der Waals surface area contributed by atoms with E-state index in [1.54, 1.807) is 7.11 Å². The van der Waals surface area contributed by atoms with Crippen molar-refractivity contribution < 1.29 is 9.53 Å². The van der Waals surface area contributed by atoms with E-state index >= 15 is 0 Å². The van der Waals surface area contributed by atoms with E-state index in [1.807, 2.05) is 65.6 Å². The molecule has 0 fully saturated rings. The van der Waals surface area contributed by atoms with E-state index in [-0.39, 0.29) is 11.9 Å². The summed E-state index contributed by atoms with van der Waals surface area (Å²) in [7, 11) is 1.63. The van der Waals surface area contributed by atoms with Crippen LogP contribution in [0.3, 0.4) is 0 Å². The lowest BCUT2D eigenvalue weighted by Gasteiger charge is -2.33. The molecule has 3 heteroatoms. The lowest BCUT2D eigenvalue weighted by Crippen LogP contribution is -2.35. The molecule has 4 aromatic rings. The SMILES string of the molecule is COc1ccc(C(=O)N(Cc2ccccc2)C(c2ccccc2)c2ccc(C)cc2)cc1. The van der Waals surface area contributed by atoms with Crippen molar-refractivity contribution in [3.63, 3.8) is 0 Å². The molecule has 0 spiro atoms. The largest absolute Gasteiger partial charge is 0.497 e. The normalized spacial score (nSPS) is 11.6. The minimum Gasteiger partial charge on any atom is -0.497 e. The number of carbonyl (C=O) groups excluding carboxylic acids is 1. The number of benzene rings is 4. The number of aryl methyl sites for hydroxylation is 1. The van der Waals surface area contributed by atoms with Crippen molar-refractivity contribution in [2.75, 3.05) is 7.11 Å². The van der Waals surface area contributed by atoms with Crippen molar-refractivity contribution in [3.8, 4) is 5.75 Å². The minimum absolute atomic E-state index is 0.0223. The molecule has 0 N–H and O–H groups in total. The van der Waals surface area contributed by atoms with Gasteiger partial charge >= 0.3 is 0 Å². The molecule has 0 saturated carbocycles. The number of rotatable bonds is 7. The van der Waals surface area contributed by atoms with Gasteiger partial charge in [-0.15, -0.1) is 0 Å². The van der Waals surface area contributed by atoms with Crippen LogP contribution in [0.1, 0.15) is 38.7 Å². The summed E-state index contributed by atoms with van der Waals surface area (Å²) in [5.41, 5.74) is 5.07. The molecule has 0 bridgehead atoms.